The molecule has 5 nitrogen and oxygen atoms in total. The highest BCUT2D eigenvalue weighted by atomic mass is 16.5. The predicted molar refractivity (Wildman–Crippen MR) is 103 cm³/mol. The minimum atomic E-state index is 0.0145. The number of piperidine rings is 1. The summed E-state index contributed by atoms with van der Waals surface area (Å²) in [7, 11) is 1.62. The number of rotatable bonds is 6. The fourth-order valence-electron chi connectivity index (χ4n) is 4.09. The van der Waals surface area contributed by atoms with Crippen LogP contribution >= 0.6 is 0 Å². The second kappa shape index (κ2) is 7.75. The lowest BCUT2D eigenvalue weighted by atomic mass is 9.79. The van der Waals surface area contributed by atoms with Crippen molar-refractivity contribution in [2.75, 3.05) is 12.4 Å². The molecule has 0 spiro atoms. The van der Waals surface area contributed by atoms with Crippen molar-refractivity contribution in [1.29, 1.82) is 0 Å². The summed E-state index contributed by atoms with van der Waals surface area (Å²) >= 11 is 0. The Kier molecular flexibility index (Phi) is 6.12. The average Bonchev–Trinajstić information content (AvgIpc) is 2.43. The number of methoxy groups -OCH3 is 1. The van der Waals surface area contributed by atoms with Crippen LogP contribution in [0.25, 0.3) is 0 Å². The Morgan fingerprint density at radius 2 is 1.92 bits per heavy atom. The number of amides is 1. The lowest BCUT2D eigenvalue weighted by molar-refractivity contribution is -0.116. The minimum Gasteiger partial charge on any atom is -0.497 e. The molecule has 1 aliphatic rings. The number of ether oxygens (including phenoxy) is 1. The molecule has 2 rings (SSSR count). The SMILES string of the molecule is COc1cccc(NC(=O)C[C@@H](C)NC2CC(C)(C)NC(C)(C)C2)c1. The van der Waals surface area contributed by atoms with Crippen LogP contribution in [0.2, 0.25) is 0 Å². The van der Waals surface area contributed by atoms with Gasteiger partial charge in [0.05, 0.1) is 7.11 Å². The van der Waals surface area contributed by atoms with Gasteiger partial charge in [-0.2, -0.15) is 0 Å². The molecule has 1 aromatic rings. The molecule has 1 aromatic carbocycles. The van der Waals surface area contributed by atoms with Crippen molar-refractivity contribution in [2.45, 2.75) is 77.0 Å². The maximum Gasteiger partial charge on any atom is 0.225 e. The monoisotopic (exact) mass is 347 g/mol. The second-order valence-corrected chi connectivity index (χ2v) is 8.55. The quantitative estimate of drug-likeness (QED) is 0.739. The van der Waals surface area contributed by atoms with Gasteiger partial charge in [-0.1, -0.05) is 6.07 Å². The van der Waals surface area contributed by atoms with Crippen LogP contribution in [0, 0.1) is 0 Å². The maximum absolute atomic E-state index is 12.3. The van der Waals surface area contributed by atoms with E-state index < -0.39 is 0 Å². The molecule has 1 atom stereocenters. The van der Waals surface area contributed by atoms with E-state index in [0.717, 1.165) is 24.3 Å². The van der Waals surface area contributed by atoms with Gasteiger partial charge in [0.1, 0.15) is 5.75 Å². The van der Waals surface area contributed by atoms with Crippen LogP contribution in [0.3, 0.4) is 0 Å². The van der Waals surface area contributed by atoms with E-state index in [2.05, 4.69) is 50.6 Å². The molecule has 1 fully saturated rings. The van der Waals surface area contributed by atoms with Crippen LogP contribution in [-0.2, 0) is 4.79 Å². The summed E-state index contributed by atoms with van der Waals surface area (Å²) in [5.41, 5.74) is 0.963. The van der Waals surface area contributed by atoms with Gasteiger partial charge in [0.25, 0.3) is 0 Å². The standard InChI is InChI=1S/C20H33N3O2/c1-14(21-16-12-19(2,3)23-20(4,5)13-16)10-18(24)22-15-8-7-9-17(11-15)25-6/h7-9,11,14,16,21,23H,10,12-13H2,1-6H3,(H,22,24)/t14-/m1/s1. The maximum atomic E-state index is 12.3. The van der Waals surface area contributed by atoms with E-state index in [-0.39, 0.29) is 23.0 Å². The average molecular weight is 348 g/mol. The number of benzene rings is 1. The van der Waals surface area contributed by atoms with Crippen LogP contribution < -0.4 is 20.7 Å². The molecule has 0 aliphatic carbocycles. The Morgan fingerprint density at radius 1 is 1.28 bits per heavy atom. The van der Waals surface area contributed by atoms with E-state index in [0.29, 0.717) is 12.5 Å². The summed E-state index contributed by atoms with van der Waals surface area (Å²) in [6, 6.07) is 7.96. The molecule has 0 bridgehead atoms. The van der Waals surface area contributed by atoms with E-state index >= 15 is 0 Å². The fraction of sp³-hybridized carbons (Fsp3) is 0.650. The van der Waals surface area contributed by atoms with Gasteiger partial charge in [0, 0.05) is 41.3 Å². The topological polar surface area (TPSA) is 62.4 Å². The third-order valence-electron chi connectivity index (χ3n) is 4.56. The third kappa shape index (κ3) is 6.33. The number of hydrogen-bond donors (Lipinski definition) is 3. The van der Waals surface area contributed by atoms with Crippen LogP contribution in [0.1, 0.15) is 53.9 Å². The Bertz CT molecular complexity index is 582. The van der Waals surface area contributed by atoms with Crippen molar-refractivity contribution in [2.24, 2.45) is 0 Å². The highest BCUT2D eigenvalue weighted by Gasteiger charge is 2.37. The summed E-state index contributed by atoms with van der Waals surface area (Å²) in [5.74, 6) is 0.754. The van der Waals surface area contributed by atoms with Gasteiger partial charge >= 0.3 is 0 Å². The van der Waals surface area contributed by atoms with Crippen LogP contribution in [-0.4, -0.2) is 36.2 Å². The lowest BCUT2D eigenvalue weighted by Gasteiger charge is -2.47. The first-order valence-corrected chi connectivity index (χ1v) is 9.08. The minimum absolute atomic E-state index is 0.0145. The van der Waals surface area contributed by atoms with Gasteiger partial charge in [0.15, 0.2) is 0 Å². The normalized spacial score (nSPS) is 20.7. The molecule has 0 radical (unpaired) electrons. The van der Waals surface area contributed by atoms with E-state index in [1.165, 1.54) is 0 Å². The number of hydrogen-bond acceptors (Lipinski definition) is 4. The van der Waals surface area contributed by atoms with Gasteiger partial charge < -0.3 is 20.7 Å². The predicted octanol–water partition coefficient (Wildman–Crippen LogP) is 3.31. The van der Waals surface area contributed by atoms with Gasteiger partial charge in [-0.15, -0.1) is 0 Å². The molecule has 1 heterocycles. The van der Waals surface area contributed by atoms with Crippen molar-refractivity contribution < 1.29 is 9.53 Å². The summed E-state index contributed by atoms with van der Waals surface area (Å²) in [4.78, 5) is 12.3. The summed E-state index contributed by atoms with van der Waals surface area (Å²) < 4.78 is 5.19. The number of carbonyl (C=O) groups excluding carboxylic acids is 1. The van der Waals surface area contributed by atoms with Crippen LogP contribution in [0.4, 0.5) is 5.69 Å². The van der Waals surface area contributed by atoms with E-state index in [9.17, 15) is 4.79 Å². The molecule has 25 heavy (non-hydrogen) atoms. The van der Waals surface area contributed by atoms with Crippen molar-refractivity contribution in [3.63, 3.8) is 0 Å². The highest BCUT2D eigenvalue weighted by Crippen LogP contribution is 2.28. The first-order chi connectivity index (χ1) is 11.6. The van der Waals surface area contributed by atoms with Gasteiger partial charge in [-0.05, 0) is 59.6 Å². The fourth-order valence-corrected chi connectivity index (χ4v) is 4.09. The third-order valence-corrected chi connectivity index (χ3v) is 4.56. The first kappa shape index (κ1) is 19.7. The van der Waals surface area contributed by atoms with E-state index in [4.69, 9.17) is 4.74 Å². The van der Waals surface area contributed by atoms with Crippen LogP contribution in [0.15, 0.2) is 24.3 Å². The molecule has 0 aromatic heterocycles. The van der Waals surface area contributed by atoms with E-state index in [1.54, 1.807) is 7.11 Å². The molecule has 3 N–H and O–H groups in total. The Balaban J connectivity index is 1.86. The molecule has 5 heteroatoms. The lowest BCUT2D eigenvalue weighted by Crippen LogP contribution is -2.62. The van der Waals surface area contributed by atoms with Gasteiger partial charge in [-0.3, -0.25) is 4.79 Å². The molecular weight excluding hydrogens is 314 g/mol. The van der Waals surface area contributed by atoms with Crippen molar-refractivity contribution >= 4 is 11.6 Å². The molecule has 0 saturated carbocycles. The van der Waals surface area contributed by atoms with Gasteiger partial charge in [0.2, 0.25) is 5.91 Å². The summed E-state index contributed by atoms with van der Waals surface area (Å²) in [5, 5.41) is 10.3. The zero-order chi connectivity index (χ0) is 18.7. The van der Waals surface area contributed by atoms with Crippen molar-refractivity contribution in [3.8, 4) is 5.75 Å². The molecule has 1 saturated heterocycles. The molecule has 1 aliphatic heterocycles. The zero-order valence-corrected chi connectivity index (χ0v) is 16.4. The van der Waals surface area contributed by atoms with Crippen molar-refractivity contribution in [1.82, 2.24) is 10.6 Å². The molecule has 0 unspecified atom stereocenters. The summed E-state index contributed by atoms with van der Waals surface area (Å²) in [6.07, 6.45) is 2.55. The Morgan fingerprint density at radius 3 is 2.52 bits per heavy atom. The highest BCUT2D eigenvalue weighted by molar-refractivity contribution is 5.91. The van der Waals surface area contributed by atoms with E-state index in [1.807, 2.05) is 24.3 Å². The zero-order valence-electron chi connectivity index (χ0n) is 16.4. The first-order valence-electron chi connectivity index (χ1n) is 9.08. The molecule has 1 amide bonds. The Labute approximate surface area is 151 Å². The Hall–Kier alpha value is -1.59. The molecule has 140 valence electrons. The molecular formula is C20H33N3O2. The van der Waals surface area contributed by atoms with Crippen LogP contribution in [0.5, 0.6) is 5.75 Å². The van der Waals surface area contributed by atoms with Gasteiger partial charge in [-0.25, -0.2) is 0 Å². The van der Waals surface area contributed by atoms with Crippen molar-refractivity contribution in [3.05, 3.63) is 24.3 Å². The number of carbonyl (C=O) groups is 1. The largest absolute Gasteiger partial charge is 0.497 e. The number of nitrogens with one attached hydrogen (secondary N) is 3. The number of anilines is 1. The smallest absolute Gasteiger partial charge is 0.225 e. The summed E-state index contributed by atoms with van der Waals surface area (Å²) in [6.45, 7) is 11.0. The second-order valence-electron chi connectivity index (χ2n) is 8.55.